The fourth-order valence-corrected chi connectivity index (χ4v) is 4.88. The molecular formula is C22H37N3O4. The maximum atomic E-state index is 13.4. The van der Waals surface area contributed by atoms with Gasteiger partial charge in [-0.1, -0.05) is 32.4 Å². The summed E-state index contributed by atoms with van der Waals surface area (Å²) in [6.07, 6.45) is 7.81. The number of hydrogen-bond donors (Lipinski definition) is 3. The largest absolute Gasteiger partial charge is 0.396 e. The Balaban J connectivity index is 2.36. The summed E-state index contributed by atoms with van der Waals surface area (Å²) in [6.45, 7) is 6.53. The van der Waals surface area contributed by atoms with E-state index in [1.54, 1.807) is 11.9 Å². The number of likely N-dealkylation sites (tertiary alicyclic amines) is 1. The van der Waals surface area contributed by atoms with Gasteiger partial charge in [-0.05, 0) is 38.5 Å². The Labute approximate surface area is 174 Å². The lowest BCUT2D eigenvalue weighted by atomic mass is 9.69. The quantitative estimate of drug-likeness (QED) is 0.377. The second kappa shape index (κ2) is 10.8. The van der Waals surface area contributed by atoms with Crippen molar-refractivity contribution in [1.82, 2.24) is 15.5 Å². The van der Waals surface area contributed by atoms with E-state index in [0.717, 1.165) is 19.3 Å². The topological polar surface area (TPSA) is 98.7 Å². The zero-order chi connectivity index (χ0) is 21.6. The first-order valence-corrected chi connectivity index (χ1v) is 11.0. The number of unbranched alkanes of at least 4 members (excludes halogenated alkanes) is 1. The summed E-state index contributed by atoms with van der Waals surface area (Å²) in [4.78, 5) is 40.9. The average Bonchev–Trinajstić information content (AvgIpc) is 2.99. The van der Waals surface area contributed by atoms with Crippen LogP contribution in [0.1, 0.15) is 52.9 Å². The molecule has 164 valence electrons. The molecule has 7 nitrogen and oxygen atoms in total. The maximum absolute atomic E-state index is 13.4. The zero-order valence-electron chi connectivity index (χ0n) is 18.2. The number of aliphatic hydroxyl groups is 1. The molecule has 0 aromatic rings. The molecule has 29 heavy (non-hydrogen) atoms. The molecule has 0 aromatic carbocycles. The van der Waals surface area contributed by atoms with Gasteiger partial charge in [0.15, 0.2) is 0 Å². The molecule has 0 spiro atoms. The normalized spacial score (nSPS) is 29.5. The van der Waals surface area contributed by atoms with Gasteiger partial charge in [0.2, 0.25) is 17.7 Å². The van der Waals surface area contributed by atoms with Crippen molar-refractivity contribution in [2.75, 3.05) is 20.2 Å². The second-order valence-corrected chi connectivity index (χ2v) is 8.31. The van der Waals surface area contributed by atoms with Gasteiger partial charge in [0.1, 0.15) is 6.04 Å². The van der Waals surface area contributed by atoms with Gasteiger partial charge in [0.25, 0.3) is 0 Å². The van der Waals surface area contributed by atoms with E-state index in [4.69, 9.17) is 5.11 Å². The van der Waals surface area contributed by atoms with Gasteiger partial charge in [-0.3, -0.25) is 14.4 Å². The molecule has 1 unspecified atom stereocenters. The first-order valence-electron chi connectivity index (χ1n) is 11.0. The Morgan fingerprint density at radius 3 is 2.52 bits per heavy atom. The Morgan fingerprint density at radius 2 is 1.93 bits per heavy atom. The zero-order valence-corrected chi connectivity index (χ0v) is 18.2. The molecule has 0 radical (unpaired) electrons. The molecule has 1 fully saturated rings. The summed E-state index contributed by atoms with van der Waals surface area (Å²) in [5, 5.41) is 14.9. The third-order valence-corrected chi connectivity index (χ3v) is 6.32. The van der Waals surface area contributed by atoms with Gasteiger partial charge < -0.3 is 20.6 Å². The van der Waals surface area contributed by atoms with E-state index in [0.29, 0.717) is 19.4 Å². The summed E-state index contributed by atoms with van der Waals surface area (Å²) >= 11 is 0. The predicted octanol–water partition coefficient (Wildman–Crippen LogP) is 1.47. The van der Waals surface area contributed by atoms with Crippen LogP contribution in [0.5, 0.6) is 0 Å². The number of carbonyl (C=O) groups excluding carboxylic acids is 3. The van der Waals surface area contributed by atoms with Crippen LogP contribution >= 0.6 is 0 Å². The van der Waals surface area contributed by atoms with Gasteiger partial charge >= 0.3 is 0 Å². The van der Waals surface area contributed by atoms with Crippen LogP contribution in [0.4, 0.5) is 0 Å². The molecule has 3 amide bonds. The van der Waals surface area contributed by atoms with Crippen molar-refractivity contribution in [2.24, 2.45) is 23.7 Å². The van der Waals surface area contributed by atoms with Crippen LogP contribution in [-0.2, 0) is 14.4 Å². The van der Waals surface area contributed by atoms with E-state index in [9.17, 15) is 14.4 Å². The third kappa shape index (κ3) is 5.00. The monoisotopic (exact) mass is 407 g/mol. The molecule has 1 heterocycles. The summed E-state index contributed by atoms with van der Waals surface area (Å²) < 4.78 is 0. The molecule has 6 atom stereocenters. The SMILES string of the molecule is CCCC(C)NC(=O)[C@@H]1[C@H]2C=C[C@@H](CC)[C@@H](C(=O)NC)[C@H]2C(=O)N1CCCCO. The summed E-state index contributed by atoms with van der Waals surface area (Å²) in [5.74, 6) is -1.70. The van der Waals surface area contributed by atoms with E-state index >= 15 is 0 Å². The lowest BCUT2D eigenvalue weighted by Gasteiger charge is -2.34. The molecule has 2 aliphatic rings. The average molecular weight is 408 g/mol. The Morgan fingerprint density at radius 1 is 1.21 bits per heavy atom. The van der Waals surface area contributed by atoms with Gasteiger partial charge in [0.05, 0.1) is 11.8 Å². The van der Waals surface area contributed by atoms with Gasteiger partial charge in [-0.15, -0.1) is 0 Å². The number of amides is 3. The van der Waals surface area contributed by atoms with Crippen molar-refractivity contribution in [2.45, 2.75) is 65.0 Å². The fraction of sp³-hybridized carbons (Fsp3) is 0.773. The first-order chi connectivity index (χ1) is 13.9. The molecule has 0 saturated carbocycles. The van der Waals surface area contributed by atoms with Gasteiger partial charge in [0, 0.05) is 32.2 Å². The van der Waals surface area contributed by atoms with Crippen molar-refractivity contribution in [3.8, 4) is 0 Å². The van der Waals surface area contributed by atoms with Crippen molar-refractivity contribution in [1.29, 1.82) is 0 Å². The molecule has 0 bridgehead atoms. The highest BCUT2D eigenvalue weighted by Crippen LogP contribution is 2.44. The van der Waals surface area contributed by atoms with Crippen LogP contribution in [-0.4, -0.2) is 60.0 Å². The number of nitrogens with one attached hydrogen (secondary N) is 2. The number of carbonyl (C=O) groups is 3. The smallest absolute Gasteiger partial charge is 0.243 e. The number of rotatable bonds is 10. The summed E-state index contributed by atoms with van der Waals surface area (Å²) in [5.41, 5.74) is 0. The Kier molecular flexibility index (Phi) is 8.68. The maximum Gasteiger partial charge on any atom is 0.243 e. The summed E-state index contributed by atoms with van der Waals surface area (Å²) in [7, 11) is 1.59. The van der Waals surface area contributed by atoms with Crippen LogP contribution in [0.3, 0.4) is 0 Å². The molecule has 0 aromatic heterocycles. The molecule has 1 aliphatic heterocycles. The lowest BCUT2D eigenvalue weighted by molar-refractivity contribution is -0.141. The second-order valence-electron chi connectivity index (χ2n) is 8.31. The molecule has 7 heteroatoms. The number of aliphatic hydroxyl groups excluding tert-OH is 1. The molecule has 2 rings (SSSR count). The minimum Gasteiger partial charge on any atom is -0.396 e. The highest BCUT2D eigenvalue weighted by Gasteiger charge is 2.56. The van der Waals surface area contributed by atoms with Crippen LogP contribution in [0.25, 0.3) is 0 Å². The first kappa shape index (κ1) is 23.4. The van der Waals surface area contributed by atoms with E-state index in [1.807, 2.05) is 26.0 Å². The highest BCUT2D eigenvalue weighted by molar-refractivity contribution is 5.96. The molecule has 1 saturated heterocycles. The van der Waals surface area contributed by atoms with E-state index in [-0.39, 0.29) is 42.2 Å². The van der Waals surface area contributed by atoms with E-state index in [1.165, 1.54) is 0 Å². The standard InChI is InChI=1S/C22H37N3O4/c1-5-9-14(3)24-21(28)19-16-11-10-15(6-2)17(20(27)23-4)18(16)22(29)25(19)12-7-8-13-26/h10-11,14-19,26H,5-9,12-13H2,1-4H3,(H,23,27)(H,24,28)/t14?,15-,16+,17-,18+,19+/m1/s1. The van der Waals surface area contributed by atoms with Crippen LogP contribution in [0, 0.1) is 23.7 Å². The molecule has 3 N–H and O–H groups in total. The number of nitrogens with zero attached hydrogens (tertiary/aromatic N) is 1. The van der Waals surface area contributed by atoms with Crippen molar-refractivity contribution in [3.63, 3.8) is 0 Å². The van der Waals surface area contributed by atoms with Gasteiger partial charge in [-0.2, -0.15) is 0 Å². The summed E-state index contributed by atoms with van der Waals surface area (Å²) in [6, 6.07) is -0.571. The van der Waals surface area contributed by atoms with E-state index < -0.39 is 17.9 Å². The predicted molar refractivity (Wildman–Crippen MR) is 112 cm³/mol. The minimum atomic E-state index is -0.605. The fourth-order valence-electron chi connectivity index (χ4n) is 4.88. The highest BCUT2D eigenvalue weighted by atomic mass is 16.3. The molecular weight excluding hydrogens is 370 g/mol. The Bertz CT molecular complexity index is 621. The van der Waals surface area contributed by atoms with Crippen LogP contribution < -0.4 is 10.6 Å². The van der Waals surface area contributed by atoms with Crippen molar-refractivity contribution in [3.05, 3.63) is 12.2 Å². The number of fused-ring (bicyclic) bond motifs is 1. The van der Waals surface area contributed by atoms with Gasteiger partial charge in [-0.25, -0.2) is 0 Å². The van der Waals surface area contributed by atoms with Crippen LogP contribution in [0.2, 0.25) is 0 Å². The number of allylic oxidation sites excluding steroid dienone is 1. The lowest BCUT2D eigenvalue weighted by Crippen LogP contribution is -2.49. The third-order valence-electron chi connectivity index (χ3n) is 6.32. The van der Waals surface area contributed by atoms with Crippen LogP contribution in [0.15, 0.2) is 12.2 Å². The van der Waals surface area contributed by atoms with E-state index in [2.05, 4.69) is 17.6 Å². The van der Waals surface area contributed by atoms with Crippen molar-refractivity contribution >= 4 is 17.7 Å². The van der Waals surface area contributed by atoms with Crippen molar-refractivity contribution < 1.29 is 19.5 Å². The molecule has 1 aliphatic carbocycles. The minimum absolute atomic E-state index is 0.0136. The Hall–Kier alpha value is -1.89. The number of hydrogen-bond acceptors (Lipinski definition) is 4.